The number of nitrogens with two attached hydrogens (primary N) is 1. The van der Waals surface area contributed by atoms with Crippen molar-refractivity contribution in [3.05, 3.63) is 33.9 Å². The number of morpholine rings is 1. The second-order valence-corrected chi connectivity index (χ2v) is 5.44. The maximum atomic E-state index is 10.9. The number of rotatable bonds is 3. The highest BCUT2D eigenvalue weighted by Crippen LogP contribution is 2.26. The minimum absolute atomic E-state index is 0.0245. The molecule has 0 aromatic heterocycles. The molecule has 0 aliphatic carbocycles. The van der Waals surface area contributed by atoms with Gasteiger partial charge < -0.3 is 10.5 Å². The molecule has 1 aromatic carbocycles. The zero-order chi connectivity index (χ0) is 14.0. The minimum Gasteiger partial charge on any atom is -0.393 e. The van der Waals surface area contributed by atoms with E-state index in [4.69, 9.17) is 10.5 Å². The van der Waals surface area contributed by atoms with E-state index in [1.54, 1.807) is 12.1 Å². The first-order chi connectivity index (χ1) is 8.90. The van der Waals surface area contributed by atoms with Crippen LogP contribution in [-0.2, 0) is 11.3 Å². The van der Waals surface area contributed by atoms with E-state index in [9.17, 15) is 10.1 Å². The molecule has 1 heterocycles. The summed E-state index contributed by atoms with van der Waals surface area (Å²) in [6, 6.07) is 5.00. The van der Waals surface area contributed by atoms with Crippen molar-refractivity contribution in [2.75, 3.05) is 25.5 Å². The largest absolute Gasteiger partial charge is 0.393 e. The smallest absolute Gasteiger partial charge is 0.292 e. The van der Waals surface area contributed by atoms with Crippen LogP contribution in [-0.4, -0.2) is 35.1 Å². The first-order valence-corrected chi connectivity index (χ1v) is 6.26. The van der Waals surface area contributed by atoms with Crippen LogP contribution in [0.25, 0.3) is 0 Å². The molecule has 1 aromatic rings. The Morgan fingerprint density at radius 2 is 2.26 bits per heavy atom. The minimum atomic E-state index is -0.441. The lowest BCUT2D eigenvalue weighted by atomic mass is 10.0. The molecule has 2 N–H and O–H groups in total. The molecule has 104 valence electrons. The fraction of sp³-hybridized carbons (Fsp3) is 0.538. The average Bonchev–Trinajstić information content (AvgIpc) is 2.33. The molecule has 0 radical (unpaired) electrons. The Morgan fingerprint density at radius 3 is 2.89 bits per heavy atom. The van der Waals surface area contributed by atoms with Gasteiger partial charge in [-0.1, -0.05) is 6.07 Å². The number of nitrogens with zero attached hydrogens (tertiary/aromatic N) is 2. The number of ether oxygens (including phenoxy) is 1. The third kappa shape index (κ3) is 3.02. The Balaban J connectivity index is 2.19. The van der Waals surface area contributed by atoms with E-state index >= 15 is 0 Å². The van der Waals surface area contributed by atoms with Gasteiger partial charge in [0.15, 0.2) is 0 Å². The van der Waals surface area contributed by atoms with Crippen LogP contribution in [0.2, 0.25) is 0 Å². The van der Waals surface area contributed by atoms with Crippen molar-refractivity contribution in [3.63, 3.8) is 0 Å². The van der Waals surface area contributed by atoms with Crippen LogP contribution in [0.1, 0.15) is 19.4 Å². The van der Waals surface area contributed by atoms with Gasteiger partial charge in [-0.3, -0.25) is 15.0 Å². The van der Waals surface area contributed by atoms with Crippen molar-refractivity contribution in [2.45, 2.75) is 25.9 Å². The van der Waals surface area contributed by atoms with Gasteiger partial charge in [0.25, 0.3) is 5.69 Å². The van der Waals surface area contributed by atoms with Gasteiger partial charge in [0, 0.05) is 24.7 Å². The molecule has 0 atom stereocenters. The number of benzene rings is 1. The Hall–Kier alpha value is -1.66. The van der Waals surface area contributed by atoms with Gasteiger partial charge in [0.1, 0.15) is 5.69 Å². The summed E-state index contributed by atoms with van der Waals surface area (Å²) in [7, 11) is 0. The second kappa shape index (κ2) is 5.14. The zero-order valence-electron chi connectivity index (χ0n) is 11.3. The SMILES string of the molecule is CC1(C)COCCN1Cc1ccc(N)c([N+](=O)[O-])c1. The van der Waals surface area contributed by atoms with Crippen LogP contribution >= 0.6 is 0 Å². The van der Waals surface area contributed by atoms with E-state index in [0.717, 1.165) is 12.1 Å². The summed E-state index contributed by atoms with van der Waals surface area (Å²) in [5.41, 5.74) is 6.62. The molecule has 1 aliphatic heterocycles. The van der Waals surface area contributed by atoms with Gasteiger partial charge in [-0.15, -0.1) is 0 Å². The van der Waals surface area contributed by atoms with Gasteiger partial charge >= 0.3 is 0 Å². The summed E-state index contributed by atoms with van der Waals surface area (Å²) in [6.45, 7) is 7.07. The van der Waals surface area contributed by atoms with Crippen LogP contribution in [0, 0.1) is 10.1 Å². The number of anilines is 1. The van der Waals surface area contributed by atoms with E-state index in [-0.39, 0.29) is 16.9 Å². The number of nitrogen functional groups attached to an aromatic ring is 1. The molecule has 0 spiro atoms. The standard InChI is InChI=1S/C13H19N3O3/c1-13(2)9-19-6-5-15(13)8-10-3-4-11(14)12(7-10)16(17)18/h3-4,7H,5-6,8-9,14H2,1-2H3. The maximum absolute atomic E-state index is 10.9. The number of hydrogen-bond acceptors (Lipinski definition) is 5. The molecular weight excluding hydrogens is 246 g/mol. The topological polar surface area (TPSA) is 81.6 Å². The highest BCUT2D eigenvalue weighted by Gasteiger charge is 2.30. The van der Waals surface area contributed by atoms with E-state index in [1.165, 1.54) is 0 Å². The Kier molecular flexibility index (Phi) is 3.73. The van der Waals surface area contributed by atoms with Gasteiger partial charge in [-0.2, -0.15) is 0 Å². The summed E-state index contributed by atoms with van der Waals surface area (Å²) in [4.78, 5) is 12.7. The van der Waals surface area contributed by atoms with E-state index in [0.29, 0.717) is 19.8 Å². The van der Waals surface area contributed by atoms with Gasteiger partial charge in [0.2, 0.25) is 0 Å². The summed E-state index contributed by atoms with van der Waals surface area (Å²) in [5, 5.41) is 10.9. The average molecular weight is 265 g/mol. The van der Waals surface area contributed by atoms with Crippen LogP contribution in [0.4, 0.5) is 11.4 Å². The molecule has 1 aliphatic rings. The summed E-state index contributed by atoms with van der Waals surface area (Å²) >= 11 is 0. The summed E-state index contributed by atoms with van der Waals surface area (Å²) in [5.74, 6) is 0. The van der Waals surface area contributed by atoms with Crippen molar-refractivity contribution in [2.24, 2.45) is 0 Å². The van der Waals surface area contributed by atoms with Crippen molar-refractivity contribution >= 4 is 11.4 Å². The number of nitro benzene ring substituents is 1. The molecule has 2 rings (SSSR count). The molecule has 1 fully saturated rings. The van der Waals surface area contributed by atoms with Crippen LogP contribution in [0.15, 0.2) is 18.2 Å². The van der Waals surface area contributed by atoms with Crippen molar-refractivity contribution in [3.8, 4) is 0 Å². The molecule has 19 heavy (non-hydrogen) atoms. The Labute approximate surface area is 112 Å². The second-order valence-electron chi connectivity index (χ2n) is 5.44. The molecule has 6 heteroatoms. The zero-order valence-corrected chi connectivity index (χ0v) is 11.3. The quantitative estimate of drug-likeness (QED) is 0.512. The Bertz CT molecular complexity index is 488. The predicted octanol–water partition coefficient (Wildman–Crippen LogP) is 1.79. The highest BCUT2D eigenvalue weighted by atomic mass is 16.6. The van der Waals surface area contributed by atoms with Crippen molar-refractivity contribution < 1.29 is 9.66 Å². The summed E-state index contributed by atoms with van der Waals surface area (Å²) in [6.07, 6.45) is 0. The van der Waals surface area contributed by atoms with E-state index in [1.807, 2.05) is 6.07 Å². The van der Waals surface area contributed by atoms with E-state index < -0.39 is 4.92 Å². The fourth-order valence-electron chi connectivity index (χ4n) is 2.25. The van der Waals surface area contributed by atoms with Gasteiger partial charge in [-0.05, 0) is 25.5 Å². The lowest BCUT2D eigenvalue weighted by Crippen LogP contribution is -2.52. The van der Waals surface area contributed by atoms with Crippen LogP contribution in [0.5, 0.6) is 0 Å². The fourth-order valence-corrected chi connectivity index (χ4v) is 2.25. The van der Waals surface area contributed by atoms with E-state index in [2.05, 4.69) is 18.7 Å². The third-order valence-electron chi connectivity index (χ3n) is 3.48. The predicted molar refractivity (Wildman–Crippen MR) is 72.8 cm³/mol. The molecule has 0 amide bonds. The van der Waals surface area contributed by atoms with Crippen LogP contribution < -0.4 is 5.73 Å². The van der Waals surface area contributed by atoms with Crippen molar-refractivity contribution in [1.82, 2.24) is 4.90 Å². The number of nitro groups is 1. The molecule has 1 saturated heterocycles. The summed E-state index contributed by atoms with van der Waals surface area (Å²) < 4.78 is 5.46. The first-order valence-electron chi connectivity index (χ1n) is 6.26. The molecule has 0 saturated carbocycles. The Morgan fingerprint density at radius 1 is 1.53 bits per heavy atom. The molecule has 0 unspecified atom stereocenters. The number of hydrogen-bond donors (Lipinski definition) is 1. The van der Waals surface area contributed by atoms with Crippen LogP contribution in [0.3, 0.4) is 0 Å². The first kappa shape index (κ1) is 13.8. The lowest BCUT2D eigenvalue weighted by molar-refractivity contribution is -0.384. The lowest BCUT2D eigenvalue weighted by Gasteiger charge is -2.42. The van der Waals surface area contributed by atoms with Gasteiger partial charge in [-0.25, -0.2) is 0 Å². The maximum Gasteiger partial charge on any atom is 0.292 e. The molecule has 6 nitrogen and oxygen atoms in total. The normalized spacial score (nSPS) is 19.3. The van der Waals surface area contributed by atoms with Gasteiger partial charge in [0.05, 0.1) is 18.1 Å². The molecular formula is C13H19N3O3. The van der Waals surface area contributed by atoms with Crippen molar-refractivity contribution in [1.29, 1.82) is 0 Å². The molecule has 0 bridgehead atoms. The highest BCUT2D eigenvalue weighted by molar-refractivity contribution is 5.59. The monoisotopic (exact) mass is 265 g/mol. The third-order valence-corrected chi connectivity index (χ3v) is 3.48.